The van der Waals surface area contributed by atoms with Crippen molar-refractivity contribution in [2.45, 2.75) is 0 Å². The average molecular weight is 317 g/mol. The zero-order valence-electron chi connectivity index (χ0n) is 12.4. The lowest BCUT2D eigenvalue weighted by Gasteiger charge is -2.18. The minimum Gasteiger partial charge on any atom is -0.280 e. The Balaban J connectivity index is 1.74. The first kappa shape index (κ1) is 13.9. The van der Waals surface area contributed by atoms with E-state index in [1.807, 2.05) is 60.7 Å². The Morgan fingerprint density at radius 3 is 2.22 bits per heavy atom. The number of hydrazine groups is 1. The maximum Gasteiger partial charge on any atom is 0.124 e. The standard InChI is InChI=1S/C19H15N3S/c20-22(15-9-5-2-6-10-15)16-11-12-17-18(13-16)23-19(21-17)14-7-3-1-4-8-14/h1-13H,20H2. The first-order valence-electron chi connectivity index (χ1n) is 7.37. The third kappa shape index (κ3) is 2.70. The van der Waals surface area contributed by atoms with E-state index < -0.39 is 0 Å². The molecule has 0 unspecified atom stereocenters. The van der Waals surface area contributed by atoms with Crippen LogP contribution in [0.2, 0.25) is 0 Å². The molecule has 0 saturated heterocycles. The van der Waals surface area contributed by atoms with Gasteiger partial charge in [0.1, 0.15) is 5.01 Å². The molecule has 0 saturated carbocycles. The van der Waals surface area contributed by atoms with Crippen LogP contribution in [-0.4, -0.2) is 4.98 Å². The zero-order chi connectivity index (χ0) is 15.6. The molecular weight excluding hydrogens is 302 g/mol. The Morgan fingerprint density at radius 2 is 1.48 bits per heavy atom. The first-order chi connectivity index (χ1) is 11.3. The number of nitrogens with zero attached hydrogens (tertiary/aromatic N) is 2. The lowest BCUT2D eigenvalue weighted by molar-refractivity contribution is 1.09. The predicted octanol–water partition coefficient (Wildman–Crippen LogP) is 4.98. The molecule has 2 N–H and O–H groups in total. The predicted molar refractivity (Wildman–Crippen MR) is 97.8 cm³/mol. The second-order valence-electron chi connectivity index (χ2n) is 5.24. The summed E-state index contributed by atoms with van der Waals surface area (Å²) in [5, 5.41) is 2.72. The number of aromatic nitrogens is 1. The van der Waals surface area contributed by atoms with Gasteiger partial charge in [-0.15, -0.1) is 11.3 Å². The van der Waals surface area contributed by atoms with Gasteiger partial charge in [0, 0.05) is 5.56 Å². The molecule has 4 aromatic rings. The van der Waals surface area contributed by atoms with Gasteiger partial charge in [0.15, 0.2) is 0 Å². The van der Waals surface area contributed by atoms with Crippen molar-refractivity contribution in [3.05, 3.63) is 78.9 Å². The van der Waals surface area contributed by atoms with Gasteiger partial charge < -0.3 is 0 Å². The molecule has 112 valence electrons. The number of benzene rings is 3. The van der Waals surface area contributed by atoms with Gasteiger partial charge in [-0.1, -0.05) is 48.5 Å². The lowest BCUT2D eigenvalue weighted by atomic mass is 10.2. The summed E-state index contributed by atoms with van der Waals surface area (Å²) in [6, 6.07) is 26.3. The molecule has 0 aliphatic rings. The van der Waals surface area contributed by atoms with Gasteiger partial charge in [-0.2, -0.15) is 0 Å². The van der Waals surface area contributed by atoms with Gasteiger partial charge in [0.05, 0.1) is 21.6 Å². The molecule has 3 aromatic carbocycles. The Kier molecular flexibility index (Phi) is 3.54. The van der Waals surface area contributed by atoms with E-state index in [0.717, 1.165) is 32.2 Å². The van der Waals surface area contributed by atoms with E-state index in [1.54, 1.807) is 16.3 Å². The van der Waals surface area contributed by atoms with Crippen LogP contribution < -0.4 is 10.9 Å². The van der Waals surface area contributed by atoms with E-state index in [4.69, 9.17) is 10.8 Å². The minimum absolute atomic E-state index is 0.951. The average Bonchev–Trinajstić information content (AvgIpc) is 3.06. The first-order valence-corrected chi connectivity index (χ1v) is 8.19. The molecule has 0 spiro atoms. The van der Waals surface area contributed by atoms with Crippen molar-refractivity contribution in [2.75, 3.05) is 5.01 Å². The summed E-state index contributed by atoms with van der Waals surface area (Å²) in [6.45, 7) is 0. The molecule has 3 nitrogen and oxygen atoms in total. The van der Waals surface area contributed by atoms with Crippen molar-refractivity contribution in [3.8, 4) is 10.6 Å². The zero-order valence-corrected chi connectivity index (χ0v) is 13.2. The summed E-state index contributed by atoms with van der Waals surface area (Å²) in [5.41, 5.74) is 4.05. The molecule has 23 heavy (non-hydrogen) atoms. The highest BCUT2D eigenvalue weighted by Gasteiger charge is 2.09. The summed E-state index contributed by atoms with van der Waals surface area (Å²) in [4.78, 5) is 4.72. The summed E-state index contributed by atoms with van der Waals surface area (Å²) >= 11 is 1.68. The van der Waals surface area contributed by atoms with E-state index in [9.17, 15) is 0 Å². The van der Waals surface area contributed by atoms with E-state index in [-0.39, 0.29) is 0 Å². The van der Waals surface area contributed by atoms with Crippen molar-refractivity contribution in [1.82, 2.24) is 4.98 Å². The normalized spacial score (nSPS) is 10.8. The Labute approximate surface area is 138 Å². The monoisotopic (exact) mass is 317 g/mol. The van der Waals surface area contributed by atoms with Crippen LogP contribution in [0.4, 0.5) is 11.4 Å². The number of fused-ring (bicyclic) bond motifs is 1. The fourth-order valence-corrected chi connectivity index (χ4v) is 3.51. The Bertz CT molecular complexity index is 933. The van der Waals surface area contributed by atoms with Crippen molar-refractivity contribution < 1.29 is 0 Å². The molecular formula is C19H15N3S. The fourth-order valence-electron chi connectivity index (χ4n) is 2.51. The summed E-state index contributed by atoms with van der Waals surface area (Å²) in [7, 11) is 0. The van der Waals surface area contributed by atoms with Gasteiger partial charge in [0.25, 0.3) is 0 Å². The Morgan fingerprint density at radius 1 is 0.783 bits per heavy atom. The molecule has 1 aromatic heterocycles. The molecule has 4 heteroatoms. The minimum atomic E-state index is 0.951. The number of hydrogen-bond donors (Lipinski definition) is 1. The van der Waals surface area contributed by atoms with Gasteiger partial charge in [-0.3, -0.25) is 5.01 Å². The van der Waals surface area contributed by atoms with E-state index in [0.29, 0.717) is 0 Å². The number of rotatable bonds is 3. The highest BCUT2D eigenvalue weighted by atomic mass is 32.1. The summed E-state index contributed by atoms with van der Waals surface area (Å²) in [6.07, 6.45) is 0. The van der Waals surface area contributed by atoms with Crippen molar-refractivity contribution in [3.63, 3.8) is 0 Å². The quantitative estimate of drug-likeness (QED) is 0.428. The molecule has 0 atom stereocenters. The molecule has 0 amide bonds. The van der Waals surface area contributed by atoms with Crippen LogP contribution in [0.25, 0.3) is 20.8 Å². The number of thiazole rings is 1. The summed E-state index contributed by atoms with van der Waals surface area (Å²) in [5.74, 6) is 6.24. The van der Waals surface area contributed by atoms with Gasteiger partial charge >= 0.3 is 0 Å². The van der Waals surface area contributed by atoms with Crippen molar-refractivity contribution in [1.29, 1.82) is 0 Å². The maximum atomic E-state index is 6.24. The van der Waals surface area contributed by atoms with Gasteiger partial charge in [-0.05, 0) is 30.3 Å². The third-order valence-corrected chi connectivity index (χ3v) is 4.77. The van der Waals surface area contributed by atoms with Crippen LogP contribution in [0, 0.1) is 0 Å². The molecule has 0 aliphatic carbocycles. The van der Waals surface area contributed by atoms with Crippen LogP contribution in [0.15, 0.2) is 78.9 Å². The van der Waals surface area contributed by atoms with E-state index in [1.165, 1.54) is 0 Å². The van der Waals surface area contributed by atoms with Crippen molar-refractivity contribution >= 4 is 32.9 Å². The molecule has 4 rings (SSSR count). The highest BCUT2D eigenvalue weighted by Crippen LogP contribution is 2.33. The molecule has 0 aliphatic heterocycles. The molecule has 0 fully saturated rings. The number of hydrogen-bond acceptors (Lipinski definition) is 4. The smallest absolute Gasteiger partial charge is 0.124 e. The number of para-hydroxylation sites is 1. The number of anilines is 2. The van der Waals surface area contributed by atoms with Crippen LogP contribution >= 0.6 is 11.3 Å². The topological polar surface area (TPSA) is 42.1 Å². The fraction of sp³-hybridized carbons (Fsp3) is 0. The summed E-state index contributed by atoms with van der Waals surface area (Å²) < 4.78 is 1.13. The van der Waals surface area contributed by atoms with Crippen LogP contribution in [-0.2, 0) is 0 Å². The SMILES string of the molecule is NN(c1ccccc1)c1ccc2nc(-c3ccccc3)sc2c1. The molecule has 0 bridgehead atoms. The van der Waals surface area contributed by atoms with Crippen LogP contribution in [0.3, 0.4) is 0 Å². The van der Waals surface area contributed by atoms with Gasteiger partial charge in [0.2, 0.25) is 0 Å². The molecule has 1 heterocycles. The second-order valence-corrected chi connectivity index (χ2v) is 6.27. The second kappa shape index (κ2) is 5.83. The highest BCUT2D eigenvalue weighted by molar-refractivity contribution is 7.21. The van der Waals surface area contributed by atoms with Gasteiger partial charge in [-0.25, -0.2) is 10.8 Å². The van der Waals surface area contributed by atoms with Crippen LogP contribution in [0.1, 0.15) is 0 Å². The third-order valence-electron chi connectivity index (χ3n) is 3.71. The lowest BCUT2D eigenvalue weighted by Crippen LogP contribution is -2.24. The van der Waals surface area contributed by atoms with Crippen molar-refractivity contribution in [2.24, 2.45) is 5.84 Å². The number of nitrogens with two attached hydrogens (primary N) is 1. The molecule has 0 radical (unpaired) electrons. The largest absolute Gasteiger partial charge is 0.280 e. The maximum absolute atomic E-state index is 6.24. The van der Waals surface area contributed by atoms with E-state index >= 15 is 0 Å². The Hall–Kier alpha value is -2.69. The van der Waals surface area contributed by atoms with Crippen LogP contribution in [0.5, 0.6) is 0 Å². The van der Waals surface area contributed by atoms with E-state index in [2.05, 4.69) is 18.2 Å².